The van der Waals surface area contributed by atoms with Crippen molar-refractivity contribution in [1.82, 2.24) is 0 Å². The summed E-state index contributed by atoms with van der Waals surface area (Å²) in [4.78, 5) is 9.43. The Morgan fingerprint density at radius 3 is 1.22 bits per heavy atom. The molecular formula is C18H38Cl2N4OS2. The lowest BCUT2D eigenvalue weighted by molar-refractivity contribution is 0.585. The van der Waals surface area contributed by atoms with Crippen LogP contribution in [0.15, 0.2) is 9.98 Å². The number of amidine groups is 2. The Kier molecular flexibility index (Phi) is 19.8. The molecule has 9 heteroatoms. The van der Waals surface area contributed by atoms with Gasteiger partial charge in [-0.2, -0.15) is 0 Å². The normalized spacial score (nSPS) is 20.4. The molecule has 2 aliphatic carbocycles. The summed E-state index contributed by atoms with van der Waals surface area (Å²) in [7, 11) is 3.50. The number of nitrogens with two attached hydrogens (primary N) is 2. The third-order valence-corrected chi connectivity index (χ3v) is 7.04. The van der Waals surface area contributed by atoms with Crippen molar-refractivity contribution in [2.45, 2.75) is 89.1 Å². The summed E-state index contributed by atoms with van der Waals surface area (Å²) < 4.78 is 0. The van der Waals surface area contributed by atoms with Gasteiger partial charge in [0.25, 0.3) is 0 Å². The Labute approximate surface area is 185 Å². The van der Waals surface area contributed by atoms with Crippen LogP contribution in [-0.2, 0) is 0 Å². The fraction of sp³-hybridized carbons (Fsp3) is 0.889. The molecule has 0 radical (unpaired) electrons. The zero-order valence-electron chi connectivity index (χ0n) is 16.2. The van der Waals surface area contributed by atoms with E-state index in [4.69, 9.17) is 21.5 Å². The van der Waals surface area contributed by atoms with Crippen molar-refractivity contribution in [3.8, 4) is 0 Å². The minimum Gasteiger partial charge on any atom is -0.412 e. The highest BCUT2D eigenvalue weighted by Crippen LogP contribution is 2.24. The Hall–Kier alpha value is 0.180. The van der Waals surface area contributed by atoms with Crippen LogP contribution in [0, 0.1) is 0 Å². The molecule has 2 aliphatic rings. The van der Waals surface area contributed by atoms with Gasteiger partial charge in [-0.05, 0) is 25.7 Å². The standard InChI is InChI=1S/C18H34N4S2.2ClH.H2O/c19-17(21-15-9-5-1-2-6-10-15)13-23-24-14-18(20)22-16-11-7-3-4-8-12-16;;;/h15-16H,1-14H2,(H2,19,21)(H2,20,22);2*1H;1H2. The lowest BCUT2D eigenvalue weighted by Gasteiger charge is -2.11. The molecule has 0 heterocycles. The van der Waals surface area contributed by atoms with Gasteiger partial charge < -0.3 is 16.9 Å². The van der Waals surface area contributed by atoms with Crippen LogP contribution in [0.3, 0.4) is 0 Å². The number of halogens is 2. The molecule has 5 nitrogen and oxygen atoms in total. The van der Waals surface area contributed by atoms with Crippen LogP contribution in [0.2, 0.25) is 0 Å². The smallest absolute Gasteiger partial charge is 0.105 e. The summed E-state index contributed by atoms with van der Waals surface area (Å²) in [5.74, 6) is 3.16. The van der Waals surface area contributed by atoms with Crippen LogP contribution in [-0.4, -0.2) is 40.7 Å². The Morgan fingerprint density at radius 1 is 0.630 bits per heavy atom. The van der Waals surface area contributed by atoms with E-state index >= 15 is 0 Å². The highest BCUT2D eigenvalue weighted by atomic mass is 35.5. The van der Waals surface area contributed by atoms with Crippen molar-refractivity contribution < 1.29 is 5.48 Å². The Morgan fingerprint density at radius 2 is 0.926 bits per heavy atom. The van der Waals surface area contributed by atoms with Crippen LogP contribution in [0.4, 0.5) is 0 Å². The highest BCUT2D eigenvalue weighted by molar-refractivity contribution is 8.77. The van der Waals surface area contributed by atoms with Gasteiger partial charge in [-0.3, -0.25) is 9.98 Å². The van der Waals surface area contributed by atoms with Crippen molar-refractivity contribution in [3.05, 3.63) is 0 Å². The van der Waals surface area contributed by atoms with E-state index in [-0.39, 0.29) is 30.3 Å². The molecule has 0 bridgehead atoms. The molecule has 27 heavy (non-hydrogen) atoms. The molecule has 162 valence electrons. The molecule has 0 aliphatic heterocycles. The van der Waals surface area contributed by atoms with Gasteiger partial charge in [0, 0.05) is 0 Å². The van der Waals surface area contributed by atoms with Gasteiger partial charge in [0.05, 0.1) is 23.6 Å². The maximum atomic E-state index is 6.09. The van der Waals surface area contributed by atoms with Gasteiger partial charge >= 0.3 is 0 Å². The Balaban J connectivity index is 0. The van der Waals surface area contributed by atoms with Crippen LogP contribution >= 0.6 is 46.4 Å². The summed E-state index contributed by atoms with van der Waals surface area (Å²) in [5, 5.41) is 0. The molecule has 0 aromatic carbocycles. The lowest BCUT2D eigenvalue weighted by Crippen LogP contribution is -2.20. The van der Waals surface area contributed by atoms with Crippen molar-refractivity contribution in [2.24, 2.45) is 21.5 Å². The molecular weight excluding hydrogens is 423 g/mol. The van der Waals surface area contributed by atoms with E-state index in [0.717, 1.165) is 23.2 Å². The zero-order chi connectivity index (χ0) is 17.0. The second kappa shape index (κ2) is 18.2. The predicted molar refractivity (Wildman–Crippen MR) is 129 cm³/mol. The second-order valence-electron chi connectivity index (χ2n) is 7.06. The van der Waals surface area contributed by atoms with E-state index in [1.54, 1.807) is 21.6 Å². The molecule has 6 N–H and O–H groups in total. The summed E-state index contributed by atoms with van der Waals surface area (Å²) in [6.45, 7) is 0. The first kappa shape index (κ1) is 29.4. The van der Waals surface area contributed by atoms with Crippen molar-refractivity contribution >= 4 is 58.1 Å². The maximum absolute atomic E-state index is 6.09. The van der Waals surface area contributed by atoms with Crippen molar-refractivity contribution in [3.63, 3.8) is 0 Å². The highest BCUT2D eigenvalue weighted by Gasteiger charge is 2.12. The van der Waals surface area contributed by atoms with Gasteiger partial charge in [-0.15, -0.1) is 24.8 Å². The van der Waals surface area contributed by atoms with E-state index in [1.165, 1.54) is 77.0 Å². The van der Waals surface area contributed by atoms with Crippen LogP contribution in [0.5, 0.6) is 0 Å². The maximum Gasteiger partial charge on any atom is 0.105 e. The van der Waals surface area contributed by atoms with Gasteiger partial charge in [0.2, 0.25) is 0 Å². The average Bonchev–Trinajstić information content (AvgIpc) is 2.96. The molecule has 2 fully saturated rings. The third kappa shape index (κ3) is 13.9. The molecule has 0 saturated heterocycles. The molecule has 2 saturated carbocycles. The number of rotatable bonds is 7. The van der Waals surface area contributed by atoms with E-state index in [9.17, 15) is 0 Å². The SMILES string of the molecule is Cl.Cl.NC(CSSCC(N)=NC1CCCCCC1)=NC1CCCCCC1.O. The summed E-state index contributed by atoms with van der Waals surface area (Å²) in [6.07, 6.45) is 15.5. The number of aliphatic imine (C=N–C) groups is 2. The molecule has 0 aromatic heterocycles. The van der Waals surface area contributed by atoms with E-state index < -0.39 is 0 Å². The summed E-state index contributed by atoms with van der Waals surface area (Å²) in [6, 6.07) is 0.917. The molecule has 0 amide bonds. The fourth-order valence-corrected chi connectivity index (χ4v) is 5.30. The first-order valence-corrected chi connectivity index (χ1v) is 12.1. The zero-order valence-corrected chi connectivity index (χ0v) is 19.5. The summed E-state index contributed by atoms with van der Waals surface area (Å²) >= 11 is 0. The predicted octanol–water partition coefficient (Wildman–Crippen LogP) is 4.55. The molecule has 0 unspecified atom stereocenters. The molecule has 0 spiro atoms. The van der Waals surface area contributed by atoms with Gasteiger partial charge in [-0.25, -0.2) is 0 Å². The Bertz CT molecular complexity index is 374. The number of hydrogen-bond acceptors (Lipinski definition) is 4. The molecule has 0 aromatic rings. The first-order chi connectivity index (χ1) is 11.7. The fourth-order valence-electron chi connectivity index (χ4n) is 3.52. The van der Waals surface area contributed by atoms with Crippen LogP contribution in [0.1, 0.15) is 77.0 Å². The monoisotopic (exact) mass is 460 g/mol. The quantitative estimate of drug-likeness (QED) is 0.191. The largest absolute Gasteiger partial charge is 0.412 e. The topological polar surface area (TPSA) is 108 Å². The van der Waals surface area contributed by atoms with E-state index in [1.807, 2.05) is 0 Å². The van der Waals surface area contributed by atoms with Gasteiger partial charge in [-0.1, -0.05) is 73.0 Å². The third-order valence-electron chi connectivity index (χ3n) is 4.84. The minimum absolute atomic E-state index is 0. The minimum atomic E-state index is 0. The van der Waals surface area contributed by atoms with E-state index in [2.05, 4.69) is 0 Å². The first-order valence-electron chi connectivity index (χ1n) is 9.63. The van der Waals surface area contributed by atoms with Gasteiger partial charge in [0.1, 0.15) is 11.7 Å². The van der Waals surface area contributed by atoms with Crippen molar-refractivity contribution in [1.29, 1.82) is 0 Å². The molecule has 0 atom stereocenters. The summed E-state index contributed by atoms with van der Waals surface area (Å²) in [5.41, 5.74) is 12.2. The molecule has 2 rings (SSSR count). The van der Waals surface area contributed by atoms with Gasteiger partial charge in [0.15, 0.2) is 0 Å². The second-order valence-corrected chi connectivity index (χ2v) is 9.52. The number of hydrogen-bond donors (Lipinski definition) is 2. The van der Waals surface area contributed by atoms with Crippen LogP contribution < -0.4 is 11.5 Å². The van der Waals surface area contributed by atoms with Crippen LogP contribution in [0.25, 0.3) is 0 Å². The lowest BCUT2D eigenvalue weighted by atomic mass is 10.1. The van der Waals surface area contributed by atoms with E-state index in [0.29, 0.717) is 12.1 Å². The number of nitrogens with zero attached hydrogens (tertiary/aromatic N) is 2. The average molecular weight is 462 g/mol. The van der Waals surface area contributed by atoms with Crippen molar-refractivity contribution in [2.75, 3.05) is 11.5 Å².